The minimum atomic E-state index is -0.121. The third kappa shape index (κ3) is 4.30. The van der Waals surface area contributed by atoms with Gasteiger partial charge in [-0.25, -0.2) is 4.98 Å². The number of nitrogens with one attached hydrogen (secondary N) is 2. The lowest BCUT2D eigenvalue weighted by Gasteiger charge is -2.17. The van der Waals surface area contributed by atoms with E-state index >= 15 is 0 Å². The molecule has 1 atom stereocenters. The molecule has 28 heavy (non-hydrogen) atoms. The molecule has 2 heterocycles. The predicted octanol–water partition coefficient (Wildman–Crippen LogP) is 4.30. The molecule has 7 heteroatoms. The van der Waals surface area contributed by atoms with Crippen LogP contribution < -0.4 is 10.9 Å². The van der Waals surface area contributed by atoms with E-state index in [2.05, 4.69) is 22.2 Å². The minimum Gasteiger partial charge on any atom is -0.353 e. The molecule has 0 aliphatic heterocycles. The van der Waals surface area contributed by atoms with Gasteiger partial charge in [0.05, 0.1) is 11.3 Å². The Balaban J connectivity index is 1.80. The van der Waals surface area contributed by atoms with Crippen molar-refractivity contribution in [2.75, 3.05) is 11.1 Å². The standard InChI is InChI=1S/C21H26N4O2S/c1-5-14(4)25-20(27)19-17(11-13(3)22-19)24-21(25)28-12-18(26)23-16-9-7-15(6-2)8-10-16/h7-11,14,22H,5-6,12H2,1-4H3,(H,23,26)/t14-/m0/s1. The van der Waals surface area contributed by atoms with Crippen molar-refractivity contribution >= 4 is 34.4 Å². The molecule has 1 amide bonds. The zero-order valence-electron chi connectivity index (χ0n) is 16.7. The second-order valence-electron chi connectivity index (χ2n) is 6.93. The van der Waals surface area contributed by atoms with Crippen molar-refractivity contribution in [1.29, 1.82) is 0 Å². The number of amides is 1. The van der Waals surface area contributed by atoms with Crippen LogP contribution in [-0.2, 0) is 11.2 Å². The van der Waals surface area contributed by atoms with Gasteiger partial charge in [0.2, 0.25) is 5.91 Å². The average Bonchev–Trinajstić information content (AvgIpc) is 3.07. The van der Waals surface area contributed by atoms with Gasteiger partial charge in [-0.2, -0.15) is 0 Å². The highest BCUT2D eigenvalue weighted by Gasteiger charge is 2.18. The maximum atomic E-state index is 12.9. The van der Waals surface area contributed by atoms with E-state index in [1.165, 1.54) is 17.3 Å². The third-order valence-corrected chi connectivity index (χ3v) is 5.75. The largest absolute Gasteiger partial charge is 0.353 e. The number of benzene rings is 1. The van der Waals surface area contributed by atoms with Gasteiger partial charge in [-0.15, -0.1) is 0 Å². The molecule has 2 aromatic heterocycles. The molecule has 0 radical (unpaired) electrons. The van der Waals surface area contributed by atoms with E-state index in [1.54, 1.807) is 4.57 Å². The van der Waals surface area contributed by atoms with Crippen molar-refractivity contribution in [3.63, 3.8) is 0 Å². The Labute approximate surface area is 168 Å². The van der Waals surface area contributed by atoms with Crippen molar-refractivity contribution in [2.24, 2.45) is 0 Å². The average molecular weight is 399 g/mol. The first kappa shape index (κ1) is 20.2. The number of thioether (sulfide) groups is 1. The summed E-state index contributed by atoms with van der Waals surface area (Å²) in [6.07, 6.45) is 1.76. The molecule has 3 aromatic rings. The van der Waals surface area contributed by atoms with E-state index in [9.17, 15) is 9.59 Å². The number of carbonyl (C=O) groups excluding carboxylic acids is 1. The number of aromatic nitrogens is 3. The van der Waals surface area contributed by atoms with Gasteiger partial charge in [-0.1, -0.05) is 37.7 Å². The van der Waals surface area contributed by atoms with Gasteiger partial charge in [0, 0.05) is 17.4 Å². The molecule has 1 aromatic carbocycles. The van der Waals surface area contributed by atoms with Gasteiger partial charge >= 0.3 is 0 Å². The van der Waals surface area contributed by atoms with E-state index in [0.717, 1.165) is 24.2 Å². The topological polar surface area (TPSA) is 79.8 Å². The molecule has 0 aliphatic carbocycles. The van der Waals surface area contributed by atoms with Gasteiger partial charge in [0.1, 0.15) is 5.52 Å². The van der Waals surface area contributed by atoms with Gasteiger partial charge in [0.25, 0.3) is 5.56 Å². The highest BCUT2D eigenvalue weighted by molar-refractivity contribution is 7.99. The summed E-state index contributed by atoms with van der Waals surface area (Å²) < 4.78 is 1.69. The lowest BCUT2D eigenvalue weighted by atomic mass is 10.1. The molecule has 6 nitrogen and oxygen atoms in total. The number of H-pyrrole nitrogens is 1. The molecule has 0 unspecified atom stereocenters. The van der Waals surface area contributed by atoms with Crippen LogP contribution in [0.15, 0.2) is 40.3 Å². The zero-order valence-corrected chi connectivity index (χ0v) is 17.5. The summed E-state index contributed by atoms with van der Waals surface area (Å²) in [6, 6.07) is 9.68. The molecule has 0 saturated heterocycles. The molecular formula is C21H26N4O2S. The molecule has 148 valence electrons. The van der Waals surface area contributed by atoms with E-state index < -0.39 is 0 Å². The second-order valence-corrected chi connectivity index (χ2v) is 7.87. The normalized spacial score (nSPS) is 12.3. The Bertz CT molecular complexity index is 1040. The summed E-state index contributed by atoms with van der Waals surface area (Å²) in [6.45, 7) is 8.02. The van der Waals surface area contributed by atoms with E-state index in [-0.39, 0.29) is 23.3 Å². The first-order chi connectivity index (χ1) is 13.4. The second kappa shape index (κ2) is 8.65. The van der Waals surface area contributed by atoms with Crippen LogP contribution in [0.4, 0.5) is 5.69 Å². The Morgan fingerprint density at radius 1 is 1.29 bits per heavy atom. The monoisotopic (exact) mass is 398 g/mol. The highest BCUT2D eigenvalue weighted by atomic mass is 32.2. The summed E-state index contributed by atoms with van der Waals surface area (Å²) in [5.41, 5.74) is 3.95. The highest BCUT2D eigenvalue weighted by Crippen LogP contribution is 2.23. The van der Waals surface area contributed by atoms with Crippen molar-refractivity contribution in [2.45, 2.75) is 51.7 Å². The number of aryl methyl sites for hydroxylation is 2. The van der Waals surface area contributed by atoms with Crippen molar-refractivity contribution in [1.82, 2.24) is 14.5 Å². The fraction of sp³-hybridized carbons (Fsp3) is 0.381. The number of carbonyl (C=O) groups is 1. The van der Waals surface area contributed by atoms with Crippen LogP contribution in [0.5, 0.6) is 0 Å². The van der Waals surface area contributed by atoms with E-state index in [1.807, 2.05) is 51.1 Å². The molecular weight excluding hydrogens is 372 g/mol. The number of hydrogen-bond acceptors (Lipinski definition) is 4. The summed E-state index contributed by atoms with van der Waals surface area (Å²) in [5.74, 6) is 0.0670. The van der Waals surface area contributed by atoms with E-state index in [0.29, 0.717) is 16.2 Å². The smallest absolute Gasteiger partial charge is 0.278 e. The van der Waals surface area contributed by atoms with Crippen LogP contribution in [0.25, 0.3) is 11.0 Å². The van der Waals surface area contributed by atoms with Gasteiger partial charge < -0.3 is 10.3 Å². The summed E-state index contributed by atoms with van der Waals surface area (Å²) in [4.78, 5) is 33.1. The molecule has 2 N–H and O–H groups in total. The van der Waals surface area contributed by atoms with Gasteiger partial charge in [-0.05, 0) is 50.5 Å². The molecule has 0 aliphatic rings. The summed E-state index contributed by atoms with van der Waals surface area (Å²) >= 11 is 1.29. The lowest BCUT2D eigenvalue weighted by molar-refractivity contribution is -0.113. The van der Waals surface area contributed by atoms with Crippen molar-refractivity contribution < 1.29 is 4.79 Å². The maximum absolute atomic E-state index is 12.9. The third-order valence-electron chi connectivity index (χ3n) is 4.80. The van der Waals surface area contributed by atoms with Gasteiger partial charge in [0.15, 0.2) is 5.16 Å². The number of nitrogens with zero attached hydrogens (tertiary/aromatic N) is 2. The molecule has 0 bridgehead atoms. The molecule has 3 rings (SSSR count). The maximum Gasteiger partial charge on any atom is 0.278 e. The molecule has 0 spiro atoms. The van der Waals surface area contributed by atoms with Crippen LogP contribution in [-0.4, -0.2) is 26.2 Å². The first-order valence-corrected chi connectivity index (χ1v) is 10.5. The fourth-order valence-electron chi connectivity index (χ4n) is 3.01. The van der Waals surface area contributed by atoms with Crippen LogP contribution in [0.1, 0.15) is 44.5 Å². The fourth-order valence-corrected chi connectivity index (χ4v) is 3.91. The SMILES string of the molecule is CCc1ccc(NC(=O)CSc2nc3cc(C)[nH]c3c(=O)n2[C@@H](C)CC)cc1. The Morgan fingerprint density at radius 2 is 2.00 bits per heavy atom. The van der Waals surface area contributed by atoms with Crippen LogP contribution >= 0.6 is 11.8 Å². The Hall–Kier alpha value is -2.54. The summed E-state index contributed by atoms with van der Waals surface area (Å²) in [5, 5.41) is 3.47. The number of fused-ring (bicyclic) bond motifs is 1. The van der Waals surface area contributed by atoms with Crippen LogP contribution in [0.2, 0.25) is 0 Å². The zero-order chi connectivity index (χ0) is 20.3. The quantitative estimate of drug-likeness (QED) is 0.459. The molecule has 0 fully saturated rings. The van der Waals surface area contributed by atoms with Crippen molar-refractivity contribution in [3.8, 4) is 0 Å². The number of hydrogen-bond donors (Lipinski definition) is 2. The number of aromatic amines is 1. The number of anilines is 1. The van der Waals surface area contributed by atoms with E-state index in [4.69, 9.17) is 0 Å². The van der Waals surface area contributed by atoms with Crippen LogP contribution in [0.3, 0.4) is 0 Å². The Kier molecular flexibility index (Phi) is 6.24. The lowest BCUT2D eigenvalue weighted by Crippen LogP contribution is -2.26. The van der Waals surface area contributed by atoms with Gasteiger partial charge in [-0.3, -0.25) is 14.2 Å². The van der Waals surface area contributed by atoms with Crippen molar-refractivity contribution in [3.05, 3.63) is 51.9 Å². The molecule has 0 saturated carbocycles. The Morgan fingerprint density at radius 3 is 2.64 bits per heavy atom. The predicted molar refractivity (Wildman–Crippen MR) is 115 cm³/mol. The minimum absolute atomic E-state index is 0.000144. The first-order valence-electron chi connectivity index (χ1n) is 9.56. The van der Waals surface area contributed by atoms with Crippen LogP contribution in [0, 0.1) is 6.92 Å². The number of rotatable bonds is 7. The summed E-state index contributed by atoms with van der Waals surface area (Å²) in [7, 11) is 0.